The first kappa shape index (κ1) is 24.4. The predicted octanol–water partition coefficient (Wildman–Crippen LogP) is 8.32. The fourth-order valence-electron chi connectivity index (χ4n) is 4.58. The Morgan fingerprint density at radius 2 is 1.08 bits per heavy atom. The van der Waals surface area contributed by atoms with Crippen molar-refractivity contribution in [2.45, 2.75) is 0 Å². The number of halogens is 7. The van der Waals surface area contributed by atoms with E-state index < -0.39 is 68.4 Å². The minimum absolute atomic E-state index is 0.0500. The second-order valence-electron chi connectivity index (χ2n) is 8.11. The van der Waals surface area contributed by atoms with E-state index in [9.17, 15) is 13.2 Å². The van der Waals surface area contributed by atoms with E-state index in [1.807, 2.05) is 0 Å². The number of methoxy groups -OCH3 is 2. The van der Waals surface area contributed by atoms with Crippen molar-refractivity contribution in [3.63, 3.8) is 0 Å². The van der Waals surface area contributed by atoms with Gasteiger partial charge >= 0.3 is 0 Å². The second kappa shape index (κ2) is 8.99. The zero-order chi connectivity index (χ0) is 26.6. The van der Waals surface area contributed by atoms with E-state index >= 15 is 17.6 Å². The van der Waals surface area contributed by atoms with Crippen LogP contribution in [0.2, 0.25) is 0 Å². The molecule has 0 spiro atoms. The molecule has 37 heavy (non-hydrogen) atoms. The van der Waals surface area contributed by atoms with Crippen LogP contribution in [0.25, 0.3) is 43.8 Å². The summed E-state index contributed by atoms with van der Waals surface area (Å²) in [6, 6.07) is 10.8. The molecule has 0 saturated carbocycles. The Bertz CT molecular complexity index is 1680. The van der Waals surface area contributed by atoms with E-state index in [0.29, 0.717) is 17.4 Å². The van der Waals surface area contributed by atoms with E-state index in [-0.39, 0.29) is 16.3 Å². The average Bonchev–Trinajstić information content (AvgIpc) is 2.90. The van der Waals surface area contributed by atoms with Crippen molar-refractivity contribution in [2.24, 2.45) is 0 Å². The first-order valence-electron chi connectivity index (χ1n) is 10.8. The van der Waals surface area contributed by atoms with Crippen molar-refractivity contribution in [1.29, 1.82) is 0 Å². The molecule has 0 N–H and O–H groups in total. The first-order chi connectivity index (χ1) is 17.7. The molecule has 0 aliphatic rings. The number of benzene rings is 5. The van der Waals surface area contributed by atoms with Crippen molar-refractivity contribution >= 4 is 21.5 Å². The van der Waals surface area contributed by atoms with Gasteiger partial charge in [0.2, 0.25) is 11.6 Å². The van der Waals surface area contributed by atoms with Crippen molar-refractivity contribution in [3.8, 4) is 33.8 Å². The molecule has 0 aliphatic heterocycles. The Labute approximate surface area is 205 Å². The third-order valence-electron chi connectivity index (χ3n) is 6.18. The topological polar surface area (TPSA) is 18.5 Å². The molecule has 0 atom stereocenters. The van der Waals surface area contributed by atoms with Crippen LogP contribution >= 0.6 is 0 Å². The maximum atomic E-state index is 15.4. The van der Waals surface area contributed by atoms with Crippen molar-refractivity contribution in [1.82, 2.24) is 0 Å². The molecule has 0 unspecified atom stereocenters. The average molecular weight is 516 g/mol. The molecule has 188 valence electrons. The van der Waals surface area contributed by atoms with Gasteiger partial charge in [0, 0.05) is 21.9 Å². The number of rotatable bonds is 4. The molecule has 0 amide bonds. The van der Waals surface area contributed by atoms with Gasteiger partial charge in [-0.05, 0) is 52.7 Å². The molecular formula is C28H15F7O2. The number of hydrogen-bond donors (Lipinski definition) is 0. The number of ether oxygens (including phenoxy) is 2. The smallest absolute Gasteiger partial charge is 0.204 e. The quantitative estimate of drug-likeness (QED) is 0.136. The van der Waals surface area contributed by atoms with Crippen LogP contribution in [0.3, 0.4) is 0 Å². The lowest BCUT2D eigenvalue weighted by Gasteiger charge is -2.20. The summed E-state index contributed by atoms with van der Waals surface area (Å²) < 4.78 is 115. The molecule has 5 aromatic carbocycles. The van der Waals surface area contributed by atoms with Gasteiger partial charge in [-0.3, -0.25) is 0 Å². The summed E-state index contributed by atoms with van der Waals surface area (Å²) in [6.45, 7) is 0. The Balaban J connectivity index is 2.08. The highest BCUT2D eigenvalue weighted by atomic mass is 19.2. The monoisotopic (exact) mass is 516 g/mol. The summed E-state index contributed by atoms with van der Waals surface area (Å²) in [4.78, 5) is 0. The molecule has 0 radical (unpaired) electrons. The van der Waals surface area contributed by atoms with Gasteiger partial charge in [0.05, 0.1) is 19.8 Å². The molecule has 0 aliphatic carbocycles. The molecule has 0 heterocycles. The van der Waals surface area contributed by atoms with Crippen molar-refractivity contribution < 1.29 is 40.2 Å². The maximum absolute atomic E-state index is 15.4. The Morgan fingerprint density at radius 3 is 1.62 bits per heavy atom. The maximum Gasteiger partial charge on any atom is 0.204 e. The summed E-state index contributed by atoms with van der Waals surface area (Å²) >= 11 is 0. The summed E-state index contributed by atoms with van der Waals surface area (Å²) in [5.41, 5.74) is -1.67. The Morgan fingerprint density at radius 1 is 0.514 bits per heavy atom. The molecule has 9 heteroatoms. The van der Waals surface area contributed by atoms with E-state index in [1.165, 1.54) is 25.3 Å². The predicted molar refractivity (Wildman–Crippen MR) is 125 cm³/mol. The summed E-state index contributed by atoms with van der Waals surface area (Å²) in [6.07, 6.45) is 0. The van der Waals surface area contributed by atoms with Gasteiger partial charge in [-0.15, -0.1) is 0 Å². The molecule has 5 rings (SSSR count). The molecule has 0 fully saturated rings. The highest BCUT2D eigenvalue weighted by Gasteiger charge is 2.31. The number of fused-ring (bicyclic) bond motifs is 2. The Kier molecular flexibility index (Phi) is 5.94. The van der Waals surface area contributed by atoms with Crippen LogP contribution in [0.4, 0.5) is 30.7 Å². The van der Waals surface area contributed by atoms with E-state index in [1.54, 1.807) is 12.1 Å². The van der Waals surface area contributed by atoms with Gasteiger partial charge < -0.3 is 9.47 Å². The largest absolute Gasteiger partial charge is 0.497 e. The Hall–Kier alpha value is -4.27. The standard InChI is InChI=1S/C28H15F7O2/c1-36-14-6-3-12(4-7-14)19-15-8-5-13(29)11-16(15)20(22-18(31)10-9-17(30)21(19)22)23-24(32)26(34)28(37-2)27(35)25(23)33/h3-11H,1-2H3. The first-order valence-corrected chi connectivity index (χ1v) is 10.8. The molecule has 2 nitrogen and oxygen atoms in total. The minimum atomic E-state index is -1.91. The zero-order valence-corrected chi connectivity index (χ0v) is 19.2. The van der Waals surface area contributed by atoms with Crippen LogP contribution < -0.4 is 9.47 Å². The van der Waals surface area contributed by atoms with Gasteiger partial charge in [-0.25, -0.2) is 22.0 Å². The number of hydrogen-bond acceptors (Lipinski definition) is 2. The van der Waals surface area contributed by atoms with Crippen LogP contribution in [0.5, 0.6) is 11.5 Å². The molecule has 0 bridgehead atoms. The van der Waals surface area contributed by atoms with Crippen molar-refractivity contribution in [3.05, 3.63) is 95.3 Å². The fourth-order valence-corrected chi connectivity index (χ4v) is 4.58. The van der Waals surface area contributed by atoms with Crippen LogP contribution in [-0.2, 0) is 0 Å². The van der Waals surface area contributed by atoms with E-state index in [4.69, 9.17) is 4.74 Å². The fraction of sp³-hybridized carbons (Fsp3) is 0.0714. The highest BCUT2D eigenvalue weighted by molar-refractivity contribution is 6.21. The van der Waals surface area contributed by atoms with Crippen LogP contribution in [0.1, 0.15) is 0 Å². The third-order valence-corrected chi connectivity index (χ3v) is 6.18. The molecule has 0 aromatic heterocycles. The van der Waals surface area contributed by atoms with Gasteiger partial charge in [0.15, 0.2) is 17.4 Å². The molecule has 0 saturated heterocycles. The van der Waals surface area contributed by atoms with Crippen molar-refractivity contribution in [2.75, 3.05) is 14.2 Å². The summed E-state index contributed by atoms with van der Waals surface area (Å²) in [5, 5.41) is -1.36. The van der Waals surface area contributed by atoms with E-state index in [0.717, 1.165) is 25.3 Å². The van der Waals surface area contributed by atoms with Gasteiger partial charge in [-0.2, -0.15) is 8.78 Å². The van der Waals surface area contributed by atoms with Gasteiger partial charge in [0.1, 0.15) is 23.2 Å². The van der Waals surface area contributed by atoms with Crippen LogP contribution in [0, 0.1) is 40.7 Å². The van der Waals surface area contributed by atoms with Crippen LogP contribution in [-0.4, -0.2) is 14.2 Å². The van der Waals surface area contributed by atoms with Gasteiger partial charge in [0.25, 0.3) is 0 Å². The second-order valence-corrected chi connectivity index (χ2v) is 8.11. The lowest BCUT2D eigenvalue weighted by molar-refractivity contribution is 0.334. The van der Waals surface area contributed by atoms with Gasteiger partial charge in [-0.1, -0.05) is 18.2 Å². The molecular weight excluding hydrogens is 501 g/mol. The molecule has 5 aromatic rings. The lowest BCUT2D eigenvalue weighted by atomic mass is 9.85. The highest BCUT2D eigenvalue weighted by Crippen LogP contribution is 2.48. The van der Waals surface area contributed by atoms with E-state index in [2.05, 4.69) is 4.74 Å². The minimum Gasteiger partial charge on any atom is -0.497 e. The normalized spacial score (nSPS) is 11.4. The summed E-state index contributed by atoms with van der Waals surface area (Å²) in [7, 11) is 2.24. The summed E-state index contributed by atoms with van der Waals surface area (Å²) in [5.74, 6) is -11.5. The SMILES string of the molecule is COc1ccc(-c2c3ccc(F)cc3c(-c3c(F)c(F)c(OC)c(F)c3F)c3c(F)ccc(F)c23)cc1. The lowest BCUT2D eigenvalue weighted by Crippen LogP contribution is -2.05. The zero-order valence-electron chi connectivity index (χ0n) is 19.2. The van der Waals surface area contributed by atoms with Crippen LogP contribution in [0.15, 0.2) is 54.6 Å². The third kappa shape index (κ3) is 3.64.